The van der Waals surface area contributed by atoms with Crippen molar-refractivity contribution < 1.29 is 4.79 Å². The lowest BCUT2D eigenvalue weighted by Gasteiger charge is -2.37. The number of nitrogens with two attached hydrogens (primary N) is 2. The third-order valence-electron chi connectivity index (χ3n) is 5.22. The zero-order valence-corrected chi connectivity index (χ0v) is 14.6. The number of hydrogen-bond donors (Lipinski definition) is 2. The first kappa shape index (κ1) is 16.7. The van der Waals surface area contributed by atoms with Gasteiger partial charge in [-0.2, -0.15) is 0 Å². The summed E-state index contributed by atoms with van der Waals surface area (Å²) < 4.78 is 0. The third-order valence-corrected chi connectivity index (χ3v) is 5.22. The van der Waals surface area contributed by atoms with Gasteiger partial charge < -0.3 is 21.3 Å². The molecule has 2 aromatic heterocycles. The molecule has 0 atom stereocenters. The Bertz CT molecular complexity index is 798. The molecule has 26 heavy (non-hydrogen) atoms. The zero-order chi connectivity index (χ0) is 18.1. The molecule has 0 unspecified atom stereocenters. The van der Waals surface area contributed by atoms with E-state index >= 15 is 0 Å². The van der Waals surface area contributed by atoms with Crippen molar-refractivity contribution in [2.75, 3.05) is 36.0 Å². The summed E-state index contributed by atoms with van der Waals surface area (Å²) in [6.45, 7) is 3.11. The van der Waals surface area contributed by atoms with Gasteiger partial charge in [0.25, 0.3) is 5.91 Å². The lowest BCUT2D eigenvalue weighted by atomic mass is 9.78. The molecule has 1 aliphatic carbocycles. The lowest BCUT2D eigenvalue weighted by Crippen LogP contribution is -2.47. The van der Waals surface area contributed by atoms with Crippen LogP contribution in [-0.2, 0) is 0 Å². The third kappa shape index (κ3) is 3.20. The molecule has 1 amide bonds. The maximum Gasteiger partial charge on any atom is 0.252 e. The molecular formula is C18H23N7O. The van der Waals surface area contributed by atoms with Gasteiger partial charge in [-0.1, -0.05) is 0 Å². The highest BCUT2D eigenvalue weighted by Crippen LogP contribution is 2.35. The molecule has 4 rings (SSSR count). The number of piperazine rings is 1. The Hall–Kier alpha value is -2.74. The van der Waals surface area contributed by atoms with Crippen molar-refractivity contribution in [2.24, 2.45) is 11.5 Å². The molecule has 0 radical (unpaired) electrons. The number of hydrogen-bond acceptors (Lipinski definition) is 7. The normalized spacial score (nSPS) is 22.8. The second-order valence-corrected chi connectivity index (χ2v) is 6.94. The van der Waals surface area contributed by atoms with E-state index < -0.39 is 5.91 Å². The minimum absolute atomic E-state index is 0.305. The van der Waals surface area contributed by atoms with E-state index in [1.165, 1.54) is 0 Å². The van der Waals surface area contributed by atoms with E-state index in [1.54, 1.807) is 24.7 Å². The van der Waals surface area contributed by atoms with Crippen molar-refractivity contribution >= 4 is 17.5 Å². The summed E-state index contributed by atoms with van der Waals surface area (Å²) in [6, 6.07) is 5.84. The number of primary amides is 1. The fraction of sp³-hybridized carbons (Fsp3) is 0.444. The van der Waals surface area contributed by atoms with E-state index in [0.717, 1.165) is 50.5 Å². The quantitative estimate of drug-likeness (QED) is 0.822. The first-order valence-corrected chi connectivity index (χ1v) is 8.94. The van der Waals surface area contributed by atoms with E-state index in [1.807, 2.05) is 0 Å². The van der Waals surface area contributed by atoms with Crippen LogP contribution in [0, 0.1) is 0 Å². The molecule has 0 spiro atoms. The summed E-state index contributed by atoms with van der Waals surface area (Å²) >= 11 is 0. The highest BCUT2D eigenvalue weighted by atomic mass is 16.1. The number of anilines is 2. The predicted octanol–water partition coefficient (Wildman–Crippen LogP) is 0.502. The Balaban J connectivity index is 1.44. The summed E-state index contributed by atoms with van der Waals surface area (Å²) in [7, 11) is 0. The Morgan fingerprint density at radius 1 is 1.08 bits per heavy atom. The van der Waals surface area contributed by atoms with Crippen molar-refractivity contribution in [1.29, 1.82) is 0 Å². The van der Waals surface area contributed by atoms with Crippen LogP contribution in [0.25, 0.3) is 0 Å². The van der Waals surface area contributed by atoms with Crippen molar-refractivity contribution in [3.63, 3.8) is 0 Å². The molecule has 4 N–H and O–H groups in total. The Morgan fingerprint density at radius 3 is 2.50 bits per heavy atom. The number of pyridine rings is 1. The number of aromatic nitrogens is 3. The molecule has 2 aliphatic rings. The first-order valence-electron chi connectivity index (χ1n) is 8.94. The molecule has 1 aliphatic heterocycles. The van der Waals surface area contributed by atoms with Crippen molar-refractivity contribution in [1.82, 2.24) is 15.0 Å². The fourth-order valence-electron chi connectivity index (χ4n) is 3.65. The van der Waals surface area contributed by atoms with Gasteiger partial charge in [-0.15, -0.1) is 0 Å². The van der Waals surface area contributed by atoms with Crippen LogP contribution < -0.4 is 21.3 Å². The molecule has 8 heteroatoms. The van der Waals surface area contributed by atoms with Crippen molar-refractivity contribution in [3.8, 4) is 0 Å². The molecule has 1 saturated heterocycles. The Labute approximate surface area is 152 Å². The molecule has 2 aromatic rings. The van der Waals surface area contributed by atoms with Gasteiger partial charge in [0.2, 0.25) is 0 Å². The average molecular weight is 353 g/mol. The highest BCUT2D eigenvalue weighted by Gasteiger charge is 2.29. The van der Waals surface area contributed by atoms with Crippen LogP contribution >= 0.6 is 0 Å². The van der Waals surface area contributed by atoms with Gasteiger partial charge >= 0.3 is 0 Å². The lowest BCUT2D eigenvalue weighted by molar-refractivity contribution is 0.100. The number of nitrogens with zero attached hydrogens (tertiary/aromatic N) is 5. The number of carbonyl (C=O) groups is 1. The van der Waals surface area contributed by atoms with Crippen LogP contribution in [0.2, 0.25) is 0 Å². The van der Waals surface area contributed by atoms with Crippen LogP contribution in [0.1, 0.15) is 34.8 Å². The molecule has 0 aromatic carbocycles. The molecule has 0 bridgehead atoms. The number of amides is 1. The van der Waals surface area contributed by atoms with Gasteiger partial charge in [-0.3, -0.25) is 4.79 Å². The van der Waals surface area contributed by atoms with Gasteiger partial charge in [-0.05, 0) is 25.0 Å². The van der Waals surface area contributed by atoms with Crippen molar-refractivity contribution in [3.05, 3.63) is 42.0 Å². The summed E-state index contributed by atoms with van der Waals surface area (Å²) in [4.78, 5) is 29.2. The van der Waals surface area contributed by atoms with Crippen LogP contribution in [0.15, 0.2) is 30.7 Å². The highest BCUT2D eigenvalue weighted by molar-refractivity contribution is 5.97. The van der Waals surface area contributed by atoms with E-state index in [-0.39, 0.29) is 0 Å². The van der Waals surface area contributed by atoms with E-state index in [2.05, 4.69) is 30.8 Å². The Morgan fingerprint density at radius 2 is 1.81 bits per heavy atom. The van der Waals surface area contributed by atoms with E-state index in [9.17, 15) is 4.79 Å². The standard InChI is InChI=1S/C18H23N7O/c19-13-8-12(9-13)15-10-16(23-11-22-15)24-4-6-25(7-5-24)18-14(17(20)26)2-1-3-21-18/h1-3,10-13H,4-9,19H2,(H2,20,26). The maximum atomic E-state index is 11.6. The van der Waals surface area contributed by atoms with E-state index in [0.29, 0.717) is 23.3 Å². The number of carbonyl (C=O) groups excluding carboxylic acids is 1. The summed E-state index contributed by atoms with van der Waals surface area (Å²) in [6.07, 6.45) is 5.33. The summed E-state index contributed by atoms with van der Waals surface area (Å²) in [5.41, 5.74) is 12.9. The topological polar surface area (TPSA) is 114 Å². The second-order valence-electron chi connectivity index (χ2n) is 6.94. The Kier molecular flexibility index (Phi) is 4.42. The van der Waals surface area contributed by atoms with Crippen LogP contribution in [-0.4, -0.2) is 53.1 Å². The maximum absolute atomic E-state index is 11.6. The minimum atomic E-state index is -0.449. The van der Waals surface area contributed by atoms with Gasteiger partial charge in [-0.25, -0.2) is 15.0 Å². The van der Waals surface area contributed by atoms with Crippen molar-refractivity contribution in [2.45, 2.75) is 24.8 Å². The molecule has 2 fully saturated rings. The molecule has 8 nitrogen and oxygen atoms in total. The van der Waals surface area contributed by atoms with Gasteiger partial charge in [0.1, 0.15) is 18.0 Å². The first-order chi connectivity index (χ1) is 12.6. The second kappa shape index (κ2) is 6.87. The molecular weight excluding hydrogens is 330 g/mol. The van der Waals surface area contributed by atoms with Gasteiger partial charge in [0.05, 0.1) is 5.56 Å². The fourth-order valence-corrected chi connectivity index (χ4v) is 3.65. The van der Waals surface area contributed by atoms with E-state index in [4.69, 9.17) is 11.5 Å². The SMILES string of the molecule is NC(=O)c1cccnc1N1CCN(c2cc(C3CC(N)C3)ncn2)CC1. The molecule has 136 valence electrons. The molecule has 1 saturated carbocycles. The van der Waals surface area contributed by atoms with Gasteiger partial charge in [0, 0.05) is 56.1 Å². The smallest absolute Gasteiger partial charge is 0.252 e. The molecule has 3 heterocycles. The summed E-state index contributed by atoms with van der Waals surface area (Å²) in [5, 5.41) is 0. The van der Waals surface area contributed by atoms with Crippen LogP contribution in [0.4, 0.5) is 11.6 Å². The number of rotatable bonds is 4. The zero-order valence-electron chi connectivity index (χ0n) is 14.6. The average Bonchev–Trinajstić information content (AvgIpc) is 2.66. The predicted molar refractivity (Wildman–Crippen MR) is 99.2 cm³/mol. The minimum Gasteiger partial charge on any atom is -0.365 e. The van der Waals surface area contributed by atoms with Gasteiger partial charge in [0.15, 0.2) is 0 Å². The largest absolute Gasteiger partial charge is 0.365 e. The van der Waals surface area contributed by atoms with Crippen LogP contribution in [0.3, 0.4) is 0 Å². The monoisotopic (exact) mass is 353 g/mol. The van der Waals surface area contributed by atoms with Crippen LogP contribution in [0.5, 0.6) is 0 Å². The summed E-state index contributed by atoms with van der Waals surface area (Å²) in [5.74, 6) is 1.62.